The van der Waals surface area contributed by atoms with Gasteiger partial charge in [0.05, 0.1) is 25.5 Å². The summed E-state index contributed by atoms with van der Waals surface area (Å²) >= 11 is 0. The Labute approximate surface area is 119 Å². The van der Waals surface area contributed by atoms with Gasteiger partial charge in [-0.25, -0.2) is 0 Å². The van der Waals surface area contributed by atoms with E-state index < -0.39 is 0 Å². The Balaban J connectivity index is 2.05. The number of nitrogens with one attached hydrogen (secondary N) is 1. The number of hydrogen-bond donors (Lipinski definition) is 1. The lowest BCUT2D eigenvalue weighted by molar-refractivity contribution is -0.130. The average molecular weight is 278 g/mol. The van der Waals surface area contributed by atoms with Crippen LogP contribution in [0.2, 0.25) is 0 Å². The van der Waals surface area contributed by atoms with Gasteiger partial charge in [0.15, 0.2) is 5.75 Å². The summed E-state index contributed by atoms with van der Waals surface area (Å²) in [5, 5.41) is 3.24. The minimum Gasteiger partial charge on any atom is -0.493 e. The SMILES string of the molecule is COc1cnc(C)cc1N(C)CC(=O)N1CCNCC1. The summed E-state index contributed by atoms with van der Waals surface area (Å²) < 4.78 is 5.31. The molecular formula is C14H22N4O2. The van der Waals surface area contributed by atoms with E-state index in [4.69, 9.17) is 4.74 Å². The zero-order valence-electron chi connectivity index (χ0n) is 12.3. The number of nitrogens with zero attached hydrogens (tertiary/aromatic N) is 3. The predicted molar refractivity (Wildman–Crippen MR) is 78.2 cm³/mol. The van der Waals surface area contributed by atoms with E-state index >= 15 is 0 Å². The van der Waals surface area contributed by atoms with Crippen LogP contribution in [0.4, 0.5) is 5.69 Å². The summed E-state index contributed by atoms with van der Waals surface area (Å²) in [4.78, 5) is 20.3. The number of pyridine rings is 1. The van der Waals surface area contributed by atoms with Crippen LogP contribution in [0, 0.1) is 6.92 Å². The second-order valence-electron chi connectivity index (χ2n) is 4.98. The Morgan fingerprint density at radius 1 is 1.50 bits per heavy atom. The molecular weight excluding hydrogens is 256 g/mol. The van der Waals surface area contributed by atoms with E-state index in [1.54, 1.807) is 13.3 Å². The molecule has 1 aromatic heterocycles. The van der Waals surface area contributed by atoms with Crippen LogP contribution in [-0.4, -0.2) is 62.7 Å². The minimum absolute atomic E-state index is 0.144. The molecule has 0 atom stereocenters. The lowest BCUT2D eigenvalue weighted by Crippen LogP contribution is -2.49. The normalized spacial score (nSPS) is 15.1. The Kier molecular flexibility index (Phi) is 4.79. The molecule has 0 aliphatic carbocycles. The van der Waals surface area contributed by atoms with Gasteiger partial charge in [-0.1, -0.05) is 0 Å². The Bertz CT molecular complexity index is 472. The van der Waals surface area contributed by atoms with Crippen LogP contribution in [0.25, 0.3) is 0 Å². The van der Waals surface area contributed by atoms with E-state index in [0.29, 0.717) is 12.3 Å². The topological polar surface area (TPSA) is 57.7 Å². The Morgan fingerprint density at radius 3 is 2.85 bits per heavy atom. The van der Waals surface area contributed by atoms with Gasteiger partial charge >= 0.3 is 0 Å². The highest BCUT2D eigenvalue weighted by molar-refractivity contribution is 5.82. The number of rotatable bonds is 4. The van der Waals surface area contributed by atoms with E-state index in [9.17, 15) is 4.79 Å². The molecule has 0 spiro atoms. The van der Waals surface area contributed by atoms with Crippen molar-refractivity contribution in [3.63, 3.8) is 0 Å². The van der Waals surface area contributed by atoms with E-state index in [1.807, 2.05) is 29.8 Å². The maximum absolute atomic E-state index is 12.3. The molecule has 1 aliphatic rings. The van der Waals surface area contributed by atoms with Gasteiger partial charge in [0.2, 0.25) is 5.91 Å². The first-order valence-electron chi connectivity index (χ1n) is 6.82. The monoisotopic (exact) mass is 278 g/mol. The molecule has 20 heavy (non-hydrogen) atoms. The number of carbonyl (C=O) groups is 1. The number of amides is 1. The van der Waals surface area contributed by atoms with E-state index in [2.05, 4.69) is 10.3 Å². The molecule has 1 aromatic rings. The fraction of sp³-hybridized carbons (Fsp3) is 0.571. The lowest BCUT2D eigenvalue weighted by Gasteiger charge is -2.30. The molecule has 2 heterocycles. The highest BCUT2D eigenvalue weighted by atomic mass is 16.5. The summed E-state index contributed by atoms with van der Waals surface area (Å²) in [6, 6.07) is 1.93. The third kappa shape index (κ3) is 3.39. The number of carbonyl (C=O) groups excluding carboxylic acids is 1. The summed E-state index contributed by atoms with van der Waals surface area (Å²) in [5.74, 6) is 0.830. The maximum atomic E-state index is 12.3. The molecule has 0 saturated carbocycles. The largest absolute Gasteiger partial charge is 0.493 e. The summed E-state index contributed by atoms with van der Waals surface area (Å²) in [5.41, 5.74) is 1.80. The lowest BCUT2D eigenvalue weighted by atomic mass is 10.2. The van der Waals surface area contributed by atoms with Gasteiger partial charge in [-0.15, -0.1) is 0 Å². The molecule has 6 nitrogen and oxygen atoms in total. The van der Waals surface area contributed by atoms with Gasteiger partial charge in [-0.2, -0.15) is 0 Å². The fourth-order valence-corrected chi connectivity index (χ4v) is 2.29. The molecule has 1 amide bonds. The van der Waals surface area contributed by atoms with Crippen LogP contribution >= 0.6 is 0 Å². The second-order valence-corrected chi connectivity index (χ2v) is 4.98. The molecule has 0 aromatic carbocycles. The van der Waals surface area contributed by atoms with Crippen LogP contribution in [0.3, 0.4) is 0 Å². The number of hydrogen-bond acceptors (Lipinski definition) is 5. The van der Waals surface area contributed by atoms with Crippen LogP contribution in [0.1, 0.15) is 5.69 Å². The Hall–Kier alpha value is -1.82. The number of aryl methyl sites for hydroxylation is 1. The summed E-state index contributed by atoms with van der Waals surface area (Å²) in [7, 11) is 3.51. The molecule has 2 rings (SSSR count). The maximum Gasteiger partial charge on any atom is 0.242 e. The molecule has 110 valence electrons. The highest BCUT2D eigenvalue weighted by Gasteiger charge is 2.19. The molecule has 1 aliphatic heterocycles. The van der Waals surface area contributed by atoms with Gasteiger partial charge < -0.3 is 19.9 Å². The smallest absolute Gasteiger partial charge is 0.242 e. The van der Waals surface area contributed by atoms with Crippen molar-refractivity contribution in [2.75, 3.05) is 51.8 Å². The van der Waals surface area contributed by atoms with Crippen molar-refractivity contribution in [2.45, 2.75) is 6.92 Å². The summed E-state index contributed by atoms with van der Waals surface area (Å²) in [6.07, 6.45) is 1.69. The highest BCUT2D eigenvalue weighted by Crippen LogP contribution is 2.26. The number of likely N-dealkylation sites (N-methyl/N-ethyl adjacent to an activating group) is 1. The standard InChI is InChI=1S/C14H22N4O2/c1-11-8-12(13(20-3)9-16-11)17(2)10-14(19)18-6-4-15-5-7-18/h8-9,15H,4-7,10H2,1-3H3. The molecule has 1 saturated heterocycles. The van der Waals surface area contributed by atoms with Crippen molar-refractivity contribution >= 4 is 11.6 Å². The molecule has 6 heteroatoms. The van der Waals surface area contributed by atoms with Crippen molar-refractivity contribution in [3.05, 3.63) is 18.0 Å². The number of piperazine rings is 1. The van der Waals surface area contributed by atoms with Gasteiger partial charge in [0.25, 0.3) is 0 Å². The third-order valence-corrected chi connectivity index (χ3v) is 3.46. The van der Waals surface area contributed by atoms with Crippen LogP contribution in [0.15, 0.2) is 12.3 Å². The van der Waals surface area contributed by atoms with Crippen molar-refractivity contribution in [1.29, 1.82) is 0 Å². The zero-order valence-corrected chi connectivity index (χ0v) is 12.3. The van der Waals surface area contributed by atoms with Gasteiger partial charge in [0.1, 0.15) is 0 Å². The average Bonchev–Trinajstić information content (AvgIpc) is 2.48. The minimum atomic E-state index is 0.144. The molecule has 1 N–H and O–H groups in total. The van der Waals surface area contributed by atoms with E-state index in [0.717, 1.165) is 37.6 Å². The summed E-state index contributed by atoms with van der Waals surface area (Å²) in [6.45, 7) is 5.56. The number of aromatic nitrogens is 1. The number of anilines is 1. The third-order valence-electron chi connectivity index (χ3n) is 3.46. The molecule has 0 unspecified atom stereocenters. The first-order chi connectivity index (χ1) is 9.61. The van der Waals surface area contributed by atoms with E-state index in [1.165, 1.54) is 0 Å². The first kappa shape index (κ1) is 14.6. The molecule has 0 radical (unpaired) electrons. The predicted octanol–water partition coefficient (Wildman–Crippen LogP) is 0.267. The van der Waals surface area contributed by atoms with Gasteiger partial charge in [-0.05, 0) is 13.0 Å². The first-order valence-corrected chi connectivity index (χ1v) is 6.82. The van der Waals surface area contributed by atoms with Crippen molar-refractivity contribution in [3.8, 4) is 5.75 Å². The van der Waals surface area contributed by atoms with Crippen LogP contribution in [0.5, 0.6) is 5.75 Å². The second kappa shape index (κ2) is 6.56. The van der Waals surface area contributed by atoms with Gasteiger partial charge in [0, 0.05) is 38.9 Å². The quantitative estimate of drug-likeness (QED) is 0.856. The fourth-order valence-electron chi connectivity index (χ4n) is 2.29. The van der Waals surface area contributed by atoms with Gasteiger partial charge in [-0.3, -0.25) is 9.78 Å². The van der Waals surface area contributed by atoms with Crippen molar-refractivity contribution < 1.29 is 9.53 Å². The molecule has 0 bridgehead atoms. The number of ether oxygens (including phenoxy) is 1. The van der Waals surface area contributed by atoms with Crippen LogP contribution < -0.4 is 15.0 Å². The Morgan fingerprint density at radius 2 is 2.20 bits per heavy atom. The van der Waals surface area contributed by atoms with E-state index in [-0.39, 0.29) is 5.91 Å². The number of methoxy groups -OCH3 is 1. The van der Waals surface area contributed by atoms with Crippen molar-refractivity contribution in [2.24, 2.45) is 0 Å². The van der Waals surface area contributed by atoms with Crippen LogP contribution in [-0.2, 0) is 4.79 Å². The zero-order chi connectivity index (χ0) is 14.5. The van der Waals surface area contributed by atoms with Crippen molar-refractivity contribution in [1.82, 2.24) is 15.2 Å². The molecule has 1 fully saturated rings.